The van der Waals surface area contributed by atoms with Gasteiger partial charge in [-0.15, -0.1) is 10.2 Å². The molecule has 0 aliphatic heterocycles. The van der Waals surface area contributed by atoms with Gasteiger partial charge in [0, 0.05) is 30.0 Å². The van der Waals surface area contributed by atoms with E-state index in [-0.39, 0.29) is 29.8 Å². The zero-order chi connectivity index (χ0) is 28.4. The minimum atomic E-state index is -0.979. The average Bonchev–Trinajstić information content (AvgIpc) is 3.60. The van der Waals surface area contributed by atoms with Crippen molar-refractivity contribution in [1.82, 2.24) is 15.5 Å². The number of furan rings is 1. The van der Waals surface area contributed by atoms with Crippen LogP contribution in [0.5, 0.6) is 0 Å². The van der Waals surface area contributed by atoms with Gasteiger partial charge in [0.05, 0.1) is 11.0 Å². The number of nitrogens with zero attached hydrogens (tertiary/aromatic N) is 2. The van der Waals surface area contributed by atoms with E-state index in [0.717, 1.165) is 11.1 Å². The number of carbonyl (C=O) groups excluding carboxylic acids is 3. The van der Waals surface area contributed by atoms with Crippen LogP contribution >= 0.6 is 11.3 Å². The van der Waals surface area contributed by atoms with Gasteiger partial charge in [-0.05, 0) is 53.6 Å². The molecule has 2 amide bonds. The van der Waals surface area contributed by atoms with Crippen LogP contribution in [0.4, 0.5) is 9.52 Å². The fourth-order valence-corrected chi connectivity index (χ4v) is 4.82. The van der Waals surface area contributed by atoms with Gasteiger partial charge in [-0.2, -0.15) is 0 Å². The summed E-state index contributed by atoms with van der Waals surface area (Å²) in [5.74, 6) is -0.900. The number of hydrogen-bond donors (Lipinski definition) is 2. The van der Waals surface area contributed by atoms with Gasteiger partial charge in [0.25, 0.3) is 5.91 Å². The van der Waals surface area contributed by atoms with Gasteiger partial charge in [-0.25, -0.2) is 4.39 Å². The number of carbonyl (C=O) groups is 3. The molecule has 2 heterocycles. The molecule has 5 rings (SSSR count). The molecular weight excluding hydrogens is 531 g/mol. The van der Waals surface area contributed by atoms with Crippen molar-refractivity contribution >= 4 is 45.0 Å². The molecule has 10 heteroatoms. The largest absolute Gasteiger partial charge is 0.455 e. The van der Waals surface area contributed by atoms with Gasteiger partial charge in [0.2, 0.25) is 11.0 Å². The normalized spacial score (nSPS) is 11.4. The molecule has 0 fully saturated rings. The molecule has 0 unspecified atom stereocenters. The SMILES string of the molecule is CNC(=O)c1c(-c2ccc(F)cc2)oc2ccc(-c3cccc(C(=O)CC(C)(C)C(=O)Nc4nncs4)c3)cc12. The molecule has 2 aromatic heterocycles. The van der Waals surface area contributed by atoms with Gasteiger partial charge in [0.1, 0.15) is 22.7 Å². The summed E-state index contributed by atoms with van der Waals surface area (Å²) in [6, 6.07) is 18.3. The van der Waals surface area contributed by atoms with Crippen LogP contribution in [-0.4, -0.2) is 34.8 Å². The number of aromatic nitrogens is 2. The van der Waals surface area contributed by atoms with E-state index in [0.29, 0.717) is 38.6 Å². The quantitative estimate of drug-likeness (QED) is 0.215. The fraction of sp³-hybridized carbons (Fsp3) is 0.167. The lowest BCUT2D eigenvalue weighted by Gasteiger charge is -2.22. The number of anilines is 1. The Hall–Kier alpha value is -4.70. The third kappa shape index (κ3) is 5.39. The van der Waals surface area contributed by atoms with Crippen LogP contribution < -0.4 is 10.6 Å². The molecule has 0 spiro atoms. The van der Waals surface area contributed by atoms with E-state index in [1.54, 1.807) is 50.2 Å². The van der Waals surface area contributed by atoms with Crippen LogP contribution in [-0.2, 0) is 4.79 Å². The standard InChI is InChI=1S/C30H25FN4O4S/c1-30(2,28(38)34-29-35-33-16-40-29)15-23(36)20-6-4-5-18(13-20)19-9-12-24-22(14-19)25(27(37)32-3)26(39-24)17-7-10-21(31)11-8-17/h4-14,16H,15H2,1-3H3,(H,32,37)(H,34,35,38). The summed E-state index contributed by atoms with van der Waals surface area (Å²) in [7, 11) is 1.53. The Kier molecular flexibility index (Phi) is 7.27. The smallest absolute Gasteiger partial charge is 0.255 e. The number of nitrogens with one attached hydrogen (secondary N) is 2. The maximum absolute atomic E-state index is 13.5. The number of hydrogen-bond acceptors (Lipinski definition) is 7. The number of halogens is 1. The molecule has 0 atom stereocenters. The first-order valence-corrected chi connectivity index (χ1v) is 13.3. The minimum Gasteiger partial charge on any atom is -0.455 e. The van der Waals surface area contributed by atoms with E-state index in [1.165, 1.54) is 36.0 Å². The molecule has 0 saturated carbocycles. The van der Waals surface area contributed by atoms with Crippen molar-refractivity contribution in [2.24, 2.45) is 5.41 Å². The topological polar surface area (TPSA) is 114 Å². The van der Waals surface area contributed by atoms with Crippen molar-refractivity contribution in [2.45, 2.75) is 20.3 Å². The first kappa shape index (κ1) is 26.9. The number of fused-ring (bicyclic) bond motifs is 1. The highest BCUT2D eigenvalue weighted by atomic mass is 32.1. The van der Waals surface area contributed by atoms with Gasteiger partial charge >= 0.3 is 0 Å². The van der Waals surface area contributed by atoms with Gasteiger partial charge in [0.15, 0.2) is 5.78 Å². The summed E-state index contributed by atoms with van der Waals surface area (Å²) in [6.45, 7) is 3.41. The Morgan fingerprint density at radius 2 is 1.70 bits per heavy atom. The highest BCUT2D eigenvalue weighted by Crippen LogP contribution is 2.36. The number of amides is 2. The zero-order valence-corrected chi connectivity index (χ0v) is 22.8. The number of benzene rings is 3. The van der Waals surface area contributed by atoms with Gasteiger partial charge in [-0.3, -0.25) is 14.4 Å². The third-order valence-electron chi connectivity index (χ3n) is 6.56. The minimum absolute atomic E-state index is 0.0102. The lowest BCUT2D eigenvalue weighted by atomic mass is 9.84. The first-order chi connectivity index (χ1) is 19.2. The monoisotopic (exact) mass is 556 g/mol. The number of rotatable bonds is 8. The Bertz CT molecular complexity index is 1730. The van der Waals surface area contributed by atoms with Crippen molar-refractivity contribution in [2.75, 3.05) is 12.4 Å². The summed E-state index contributed by atoms with van der Waals surface area (Å²) in [6.07, 6.45) is -0.0102. The second-order valence-corrected chi connectivity index (χ2v) is 10.7. The van der Waals surface area contributed by atoms with Crippen molar-refractivity contribution in [3.8, 4) is 22.5 Å². The predicted octanol–water partition coefficient (Wildman–Crippen LogP) is 6.35. The molecule has 0 bridgehead atoms. The van der Waals surface area contributed by atoms with Crippen LogP contribution in [0.2, 0.25) is 0 Å². The summed E-state index contributed by atoms with van der Waals surface area (Å²) < 4.78 is 19.5. The third-order valence-corrected chi connectivity index (χ3v) is 7.17. The molecule has 0 aliphatic rings. The molecule has 0 aliphatic carbocycles. The Morgan fingerprint density at radius 3 is 2.40 bits per heavy atom. The maximum Gasteiger partial charge on any atom is 0.255 e. The van der Waals surface area contributed by atoms with E-state index < -0.39 is 5.41 Å². The molecule has 3 aromatic carbocycles. The van der Waals surface area contributed by atoms with Crippen LogP contribution in [0, 0.1) is 11.2 Å². The molecule has 0 saturated heterocycles. The molecule has 202 valence electrons. The lowest BCUT2D eigenvalue weighted by Crippen LogP contribution is -2.33. The van der Waals surface area contributed by atoms with Crippen molar-refractivity contribution in [3.05, 3.63) is 89.2 Å². The highest BCUT2D eigenvalue weighted by Gasteiger charge is 2.31. The van der Waals surface area contributed by atoms with Crippen molar-refractivity contribution in [1.29, 1.82) is 0 Å². The van der Waals surface area contributed by atoms with Crippen molar-refractivity contribution < 1.29 is 23.2 Å². The molecule has 40 heavy (non-hydrogen) atoms. The highest BCUT2D eigenvalue weighted by molar-refractivity contribution is 7.13. The van der Waals surface area contributed by atoms with E-state index >= 15 is 0 Å². The van der Waals surface area contributed by atoms with Crippen molar-refractivity contribution in [3.63, 3.8) is 0 Å². The fourth-order valence-electron chi connectivity index (χ4n) is 4.38. The average molecular weight is 557 g/mol. The molecule has 0 radical (unpaired) electrons. The molecule has 5 aromatic rings. The van der Waals surface area contributed by atoms with E-state index in [9.17, 15) is 18.8 Å². The van der Waals surface area contributed by atoms with Crippen LogP contribution in [0.15, 0.2) is 76.7 Å². The summed E-state index contributed by atoms with van der Waals surface area (Å²) in [5.41, 5.74) is 3.93. The maximum atomic E-state index is 13.5. The van der Waals surface area contributed by atoms with Crippen LogP contribution in [0.3, 0.4) is 0 Å². The summed E-state index contributed by atoms with van der Waals surface area (Å²) >= 11 is 1.20. The number of Topliss-reactive ketones (excluding diaryl/α,β-unsaturated/α-hetero) is 1. The predicted molar refractivity (Wildman–Crippen MR) is 152 cm³/mol. The van der Waals surface area contributed by atoms with E-state index in [1.807, 2.05) is 18.2 Å². The summed E-state index contributed by atoms with van der Waals surface area (Å²) in [5, 5.41) is 13.8. The zero-order valence-electron chi connectivity index (χ0n) is 21.9. The van der Waals surface area contributed by atoms with Gasteiger partial charge in [-0.1, -0.05) is 49.4 Å². The molecule has 8 nitrogen and oxygen atoms in total. The first-order valence-electron chi connectivity index (χ1n) is 12.4. The second-order valence-electron chi connectivity index (χ2n) is 9.87. The van der Waals surface area contributed by atoms with Gasteiger partial charge < -0.3 is 15.1 Å². The van der Waals surface area contributed by atoms with E-state index in [2.05, 4.69) is 20.8 Å². The van der Waals surface area contributed by atoms with Crippen LogP contribution in [0.25, 0.3) is 33.4 Å². The lowest BCUT2D eigenvalue weighted by molar-refractivity contribution is -0.123. The Labute approximate surface area is 233 Å². The molecular formula is C30H25FN4O4S. The Balaban J connectivity index is 1.45. The van der Waals surface area contributed by atoms with E-state index in [4.69, 9.17) is 4.42 Å². The second kappa shape index (κ2) is 10.8. The number of ketones is 1. The Morgan fingerprint density at radius 1 is 0.975 bits per heavy atom. The van der Waals surface area contributed by atoms with Crippen LogP contribution in [0.1, 0.15) is 41.0 Å². The molecule has 2 N–H and O–H groups in total. The summed E-state index contributed by atoms with van der Waals surface area (Å²) in [4.78, 5) is 38.9.